The third-order valence-electron chi connectivity index (χ3n) is 3.65. The SMILES string of the molecule is Cc1[nH]nc(CNc2ncnc3cccc(C)c23)c1C. The highest BCUT2D eigenvalue weighted by Gasteiger charge is 2.09. The Morgan fingerprint density at radius 3 is 2.75 bits per heavy atom. The molecule has 2 aromatic heterocycles. The summed E-state index contributed by atoms with van der Waals surface area (Å²) in [6.07, 6.45) is 1.59. The Bertz CT molecular complexity index is 755. The lowest BCUT2D eigenvalue weighted by Gasteiger charge is -2.09. The Hall–Kier alpha value is -2.43. The minimum atomic E-state index is 0.649. The number of nitrogens with one attached hydrogen (secondary N) is 2. The first-order valence-electron chi connectivity index (χ1n) is 6.61. The van der Waals surface area contributed by atoms with E-state index >= 15 is 0 Å². The normalized spacial score (nSPS) is 10.9. The van der Waals surface area contributed by atoms with Gasteiger partial charge in [-0.05, 0) is 38.0 Å². The van der Waals surface area contributed by atoms with Crippen molar-refractivity contribution in [3.8, 4) is 0 Å². The van der Waals surface area contributed by atoms with Crippen molar-refractivity contribution in [3.05, 3.63) is 47.0 Å². The van der Waals surface area contributed by atoms with Crippen LogP contribution in [0, 0.1) is 20.8 Å². The number of hydrogen-bond donors (Lipinski definition) is 2. The van der Waals surface area contributed by atoms with E-state index in [9.17, 15) is 0 Å². The van der Waals surface area contributed by atoms with E-state index in [1.165, 1.54) is 11.1 Å². The van der Waals surface area contributed by atoms with Crippen molar-refractivity contribution in [1.29, 1.82) is 0 Å². The van der Waals surface area contributed by atoms with E-state index in [1.807, 2.05) is 19.1 Å². The molecule has 2 heterocycles. The third-order valence-corrected chi connectivity index (χ3v) is 3.65. The maximum absolute atomic E-state index is 4.36. The number of hydrogen-bond acceptors (Lipinski definition) is 4. The zero-order valence-electron chi connectivity index (χ0n) is 11.9. The summed E-state index contributed by atoms with van der Waals surface area (Å²) in [5, 5.41) is 11.7. The van der Waals surface area contributed by atoms with Crippen LogP contribution in [-0.2, 0) is 6.54 Å². The lowest BCUT2D eigenvalue weighted by Crippen LogP contribution is -2.04. The maximum atomic E-state index is 4.36. The largest absolute Gasteiger partial charge is 0.364 e. The van der Waals surface area contributed by atoms with Gasteiger partial charge in [0.1, 0.15) is 12.1 Å². The van der Waals surface area contributed by atoms with Crippen molar-refractivity contribution in [3.63, 3.8) is 0 Å². The van der Waals surface area contributed by atoms with E-state index in [-0.39, 0.29) is 0 Å². The van der Waals surface area contributed by atoms with E-state index in [2.05, 4.69) is 45.4 Å². The van der Waals surface area contributed by atoms with Crippen LogP contribution in [-0.4, -0.2) is 20.2 Å². The second-order valence-corrected chi connectivity index (χ2v) is 4.97. The van der Waals surface area contributed by atoms with Crippen LogP contribution in [0.2, 0.25) is 0 Å². The first kappa shape index (κ1) is 12.6. The second kappa shape index (κ2) is 4.92. The smallest absolute Gasteiger partial charge is 0.137 e. The van der Waals surface area contributed by atoms with Crippen LogP contribution in [0.3, 0.4) is 0 Å². The number of aromatic nitrogens is 4. The fourth-order valence-corrected chi connectivity index (χ4v) is 2.29. The number of fused-ring (bicyclic) bond motifs is 1. The first-order chi connectivity index (χ1) is 9.66. The summed E-state index contributed by atoms with van der Waals surface area (Å²) in [5.41, 5.74) is 5.43. The standard InChI is InChI=1S/C15H17N5/c1-9-5-4-6-12-14(9)15(18-8-17-12)16-7-13-10(2)11(3)19-20-13/h4-6,8H,7H2,1-3H3,(H,19,20)(H,16,17,18). The summed E-state index contributed by atoms with van der Waals surface area (Å²) < 4.78 is 0. The molecule has 3 rings (SSSR count). The Labute approximate surface area is 117 Å². The first-order valence-corrected chi connectivity index (χ1v) is 6.61. The third kappa shape index (κ3) is 2.11. The van der Waals surface area contributed by atoms with Crippen LogP contribution in [0.25, 0.3) is 10.9 Å². The number of aryl methyl sites for hydroxylation is 2. The molecule has 0 spiro atoms. The number of benzene rings is 1. The number of rotatable bonds is 3. The average Bonchev–Trinajstić information content (AvgIpc) is 2.77. The van der Waals surface area contributed by atoms with Crippen LogP contribution in [0.15, 0.2) is 24.5 Å². The second-order valence-electron chi connectivity index (χ2n) is 4.97. The van der Waals surface area contributed by atoms with Gasteiger partial charge in [0.2, 0.25) is 0 Å². The predicted molar refractivity (Wildman–Crippen MR) is 79.7 cm³/mol. The van der Waals surface area contributed by atoms with Gasteiger partial charge in [0, 0.05) is 11.1 Å². The molecule has 0 aliphatic rings. The van der Waals surface area contributed by atoms with E-state index in [0.29, 0.717) is 6.54 Å². The van der Waals surface area contributed by atoms with E-state index in [1.54, 1.807) is 6.33 Å². The minimum Gasteiger partial charge on any atom is -0.364 e. The highest BCUT2D eigenvalue weighted by Crippen LogP contribution is 2.23. The number of aromatic amines is 1. The molecule has 5 heteroatoms. The van der Waals surface area contributed by atoms with Gasteiger partial charge in [0.25, 0.3) is 0 Å². The summed E-state index contributed by atoms with van der Waals surface area (Å²) >= 11 is 0. The fraction of sp³-hybridized carbons (Fsp3) is 0.267. The van der Waals surface area contributed by atoms with Crippen molar-refractivity contribution in [2.45, 2.75) is 27.3 Å². The van der Waals surface area contributed by atoms with Crippen molar-refractivity contribution >= 4 is 16.7 Å². The maximum Gasteiger partial charge on any atom is 0.137 e. The van der Waals surface area contributed by atoms with Crippen LogP contribution in [0.1, 0.15) is 22.5 Å². The molecule has 0 aliphatic carbocycles. The van der Waals surface area contributed by atoms with Gasteiger partial charge in [0.15, 0.2) is 0 Å². The molecular weight excluding hydrogens is 250 g/mol. The van der Waals surface area contributed by atoms with Gasteiger partial charge in [0.05, 0.1) is 17.8 Å². The lowest BCUT2D eigenvalue weighted by molar-refractivity contribution is 0.960. The van der Waals surface area contributed by atoms with Crippen LogP contribution in [0.5, 0.6) is 0 Å². The highest BCUT2D eigenvalue weighted by molar-refractivity contribution is 5.91. The molecule has 3 aromatic rings. The Morgan fingerprint density at radius 2 is 2.00 bits per heavy atom. The molecule has 0 aliphatic heterocycles. The molecule has 1 aromatic carbocycles. The van der Waals surface area contributed by atoms with Gasteiger partial charge >= 0.3 is 0 Å². The fourth-order valence-electron chi connectivity index (χ4n) is 2.29. The minimum absolute atomic E-state index is 0.649. The molecule has 0 unspecified atom stereocenters. The van der Waals surface area contributed by atoms with Gasteiger partial charge in [-0.1, -0.05) is 12.1 Å². The summed E-state index contributed by atoms with van der Waals surface area (Å²) in [7, 11) is 0. The number of anilines is 1. The molecule has 102 valence electrons. The van der Waals surface area contributed by atoms with E-state index in [0.717, 1.165) is 28.1 Å². The monoisotopic (exact) mass is 267 g/mol. The number of H-pyrrole nitrogens is 1. The molecule has 0 saturated carbocycles. The van der Waals surface area contributed by atoms with Crippen molar-refractivity contribution < 1.29 is 0 Å². The van der Waals surface area contributed by atoms with Gasteiger partial charge < -0.3 is 5.32 Å². The Morgan fingerprint density at radius 1 is 1.15 bits per heavy atom. The lowest BCUT2D eigenvalue weighted by atomic mass is 10.1. The van der Waals surface area contributed by atoms with Gasteiger partial charge in [-0.2, -0.15) is 5.10 Å². The quantitative estimate of drug-likeness (QED) is 0.765. The Balaban J connectivity index is 1.93. The number of nitrogens with zero attached hydrogens (tertiary/aromatic N) is 3. The molecule has 0 atom stereocenters. The molecule has 2 N–H and O–H groups in total. The molecule has 0 radical (unpaired) electrons. The molecule has 0 amide bonds. The zero-order chi connectivity index (χ0) is 14.1. The molecule has 5 nitrogen and oxygen atoms in total. The van der Waals surface area contributed by atoms with E-state index < -0.39 is 0 Å². The summed E-state index contributed by atoms with van der Waals surface area (Å²) in [5.74, 6) is 0.855. The summed E-state index contributed by atoms with van der Waals surface area (Å²) in [6.45, 7) is 6.81. The van der Waals surface area contributed by atoms with Gasteiger partial charge in [-0.25, -0.2) is 9.97 Å². The molecule has 0 bridgehead atoms. The van der Waals surface area contributed by atoms with Crippen LogP contribution < -0.4 is 5.32 Å². The summed E-state index contributed by atoms with van der Waals surface area (Å²) in [6, 6.07) is 6.08. The molecule has 20 heavy (non-hydrogen) atoms. The average molecular weight is 267 g/mol. The van der Waals surface area contributed by atoms with Crippen molar-refractivity contribution in [2.24, 2.45) is 0 Å². The van der Waals surface area contributed by atoms with Crippen molar-refractivity contribution in [1.82, 2.24) is 20.2 Å². The van der Waals surface area contributed by atoms with Crippen LogP contribution in [0.4, 0.5) is 5.82 Å². The van der Waals surface area contributed by atoms with Gasteiger partial charge in [-0.3, -0.25) is 5.10 Å². The van der Waals surface area contributed by atoms with Crippen LogP contribution >= 0.6 is 0 Å². The van der Waals surface area contributed by atoms with Gasteiger partial charge in [-0.15, -0.1) is 0 Å². The topological polar surface area (TPSA) is 66.5 Å². The summed E-state index contributed by atoms with van der Waals surface area (Å²) in [4.78, 5) is 8.67. The van der Waals surface area contributed by atoms with E-state index in [4.69, 9.17) is 0 Å². The predicted octanol–water partition coefficient (Wildman–Crippen LogP) is 2.89. The van der Waals surface area contributed by atoms with Crippen molar-refractivity contribution in [2.75, 3.05) is 5.32 Å². The molecule has 0 fully saturated rings. The highest BCUT2D eigenvalue weighted by atomic mass is 15.1. The molecular formula is C15H17N5. The molecule has 0 saturated heterocycles. The Kier molecular flexibility index (Phi) is 3.10. The zero-order valence-corrected chi connectivity index (χ0v) is 11.9.